The first kappa shape index (κ1) is 12.3. The fraction of sp³-hybridized carbons (Fsp3) is 0.417. The van der Waals surface area contributed by atoms with E-state index in [2.05, 4.69) is 17.3 Å². The van der Waals surface area contributed by atoms with Crippen LogP contribution in [0.1, 0.15) is 12.0 Å². The minimum atomic E-state index is -0.367. The first-order chi connectivity index (χ1) is 8.08. The Labute approximate surface area is 106 Å². The number of likely N-dealkylation sites (N-methyl/N-ethyl adjacent to an activating group) is 1. The standard InChI is InChI=1S/C12H16FN3S/c1-16-6-5-8(7-16)15-10-4-2-3-9(13)11(10)12(14)17/h2-4,8,15H,5-7H2,1H3,(H2,14,17). The quantitative estimate of drug-likeness (QED) is 0.803. The maximum absolute atomic E-state index is 13.6. The van der Waals surface area contributed by atoms with Crippen LogP contribution in [0.4, 0.5) is 10.1 Å². The number of thiocarbonyl (C=S) groups is 1. The summed E-state index contributed by atoms with van der Waals surface area (Å²) in [7, 11) is 2.07. The second-order valence-electron chi connectivity index (χ2n) is 4.42. The van der Waals surface area contributed by atoms with Gasteiger partial charge in [0.25, 0.3) is 0 Å². The van der Waals surface area contributed by atoms with Crippen LogP contribution in [0.15, 0.2) is 18.2 Å². The lowest BCUT2D eigenvalue weighted by Crippen LogP contribution is -2.25. The van der Waals surface area contributed by atoms with Gasteiger partial charge < -0.3 is 16.0 Å². The van der Waals surface area contributed by atoms with Crippen LogP contribution < -0.4 is 11.1 Å². The number of likely N-dealkylation sites (tertiary alicyclic amines) is 1. The number of hydrogen-bond acceptors (Lipinski definition) is 3. The lowest BCUT2D eigenvalue weighted by atomic mass is 10.1. The van der Waals surface area contributed by atoms with Gasteiger partial charge in [-0.1, -0.05) is 18.3 Å². The van der Waals surface area contributed by atoms with Crippen molar-refractivity contribution in [2.75, 3.05) is 25.5 Å². The molecule has 1 aromatic carbocycles. The Morgan fingerprint density at radius 3 is 2.94 bits per heavy atom. The summed E-state index contributed by atoms with van der Waals surface area (Å²) in [5.41, 5.74) is 6.57. The minimum Gasteiger partial charge on any atom is -0.389 e. The second-order valence-corrected chi connectivity index (χ2v) is 4.86. The van der Waals surface area contributed by atoms with E-state index >= 15 is 0 Å². The first-order valence-corrected chi connectivity index (χ1v) is 6.02. The number of anilines is 1. The molecule has 1 aliphatic rings. The highest BCUT2D eigenvalue weighted by atomic mass is 32.1. The first-order valence-electron chi connectivity index (χ1n) is 5.61. The number of nitrogens with two attached hydrogens (primary N) is 1. The molecule has 1 saturated heterocycles. The Balaban J connectivity index is 2.20. The van der Waals surface area contributed by atoms with Crippen molar-refractivity contribution in [2.24, 2.45) is 5.73 Å². The maximum Gasteiger partial charge on any atom is 0.135 e. The molecule has 1 unspecified atom stereocenters. The maximum atomic E-state index is 13.6. The Bertz CT molecular complexity index is 436. The molecular formula is C12H16FN3S. The van der Waals surface area contributed by atoms with Crippen LogP contribution >= 0.6 is 12.2 Å². The topological polar surface area (TPSA) is 41.3 Å². The third-order valence-corrected chi connectivity index (χ3v) is 3.22. The van der Waals surface area contributed by atoms with Gasteiger partial charge in [-0.15, -0.1) is 0 Å². The number of halogens is 1. The van der Waals surface area contributed by atoms with Crippen molar-refractivity contribution in [3.8, 4) is 0 Å². The summed E-state index contributed by atoms with van der Waals surface area (Å²) < 4.78 is 13.6. The SMILES string of the molecule is CN1CCC(Nc2cccc(F)c2C(N)=S)C1. The van der Waals surface area contributed by atoms with E-state index in [0.717, 1.165) is 19.5 Å². The van der Waals surface area contributed by atoms with E-state index in [1.54, 1.807) is 6.07 Å². The van der Waals surface area contributed by atoms with E-state index in [1.165, 1.54) is 6.07 Å². The van der Waals surface area contributed by atoms with Crippen LogP contribution in [0.5, 0.6) is 0 Å². The molecule has 3 N–H and O–H groups in total. The number of nitrogens with zero attached hydrogens (tertiary/aromatic N) is 1. The van der Waals surface area contributed by atoms with Crippen LogP contribution in [0.3, 0.4) is 0 Å². The van der Waals surface area contributed by atoms with E-state index in [0.29, 0.717) is 17.3 Å². The van der Waals surface area contributed by atoms with Crippen LogP contribution in [0.25, 0.3) is 0 Å². The van der Waals surface area contributed by atoms with Gasteiger partial charge in [0.05, 0.1) is 5.56 Å². The summed E-state index contributed by atoms with van der Waals surface area (Å²) in [4.78, 5) is 2.33. The third kappa shape index (κ3) is 2.73. The minimum absolute atomic E-state index is 0.0944. The average Bonchev–Trinajstić information content (AvgIpc) is 2.63. The van der Waals surface area contributed by atoms with Crippen molar-refractivity contribution in [3.63, 3.8) is 0 Å². The zero-order valence-electron chi connectivity index (χ0n) is 9.74. The molecule has 1 aliphatic heterocycles. The summed E-state index contributed by atoms with van der Waals surface area (Å²) >= 11 is 4.89. The molecule has 1 atom stereocenters. The van der Waals surface area contributed by atoms with Crippen molar-refractivity contribution < 1.29 is 4.39 Å². The third-order valence-electron chi connectivity index (χ3n) is 3.01. The lowest BCUT2D eigenvalue weighted by Gasteiger charge is -2.17. The van der Waals surface area contributed by atoms with E-state index in [1.807, 2.05) is 6.07 Å². The second kappa shape index (κ2) is 4.98. The van der Waals surface area contributed by atoms with Gasteiger partial charge in [0.2, 0.25) is 0 Å². The predicted molar refractivity (Wildman–Crippen MR) is 71.8 cm³/mol. The highest BCUT2D eigenvalue weighted by molar-refractivity contribution is 7.80. The highest BCUT2D eigenvalue weighted by Gasteiger charge is 2.21. The fourth-order valence-electron chi connectivity index (χ4n) is 2.17. The molecule has 0 radical (unpaired) electrons. The smallest absolute Gasteiger partial charge is 0.135 e. The predicted octanol–water partition coefficient (Wildman–Crippen LogP) is 1.58. The van der Waals surface area contributed by atoms with Crippen molar-refractivity contribution in [1.29, 1.82) is 0 Å². The van der Waals surface area contributed by atoms with Crippen LogP contribution in [0.2, 0.25) is 0 Å². The molecular weight excluding hydrogens is 237 g/mol. The molecule has 1 aromatic rings. The largest absolute Gasteiger partial charge is 0.389 e. The summed E-state index contributed by atoms with van der Waals surface area (Å²) in [6, 6.07) is 5.18. The van der Waals surface area contributed by atoms with Crippen molar-refractivity contribution >= 4 is 22.9 Å². The van der Waals surface area contributed by atoms with E-state index in [-0.39, 0.29) is 10.8 Å². The van der Waals surface area contributed by atoms with Gasteiger partial charge in [0.15, 0.2) is 0 Å². The zero-order valence-corrected chi connectivity index (χ0v) is 10.6. The van der Waals surface area contributed by atoms with Crippen LogP contribution in [0, 0.1) is 5.82 Å². The molecule has 1 heterocycles. The van der Waals surface area contributed by atoms with Gasteiger partial charge in [0, 0.05) is 18.3 Å². The van der Waals surface area contributed by atoms with Gasteiger partial charge in [0.1, 0.15) is 10.8 Å². The van der Waals surface area contributed by atoms with Crippen LogP contribution in [-0.4, -0.2) is 36.1 Å². The molecule has 5 heteroatoms. The summed E-state index contributed by atoms with van der Waals surface area (Å²) in [5, 5.41) is 3.31. The molecule has 0 amide bonds. The Kier molecular flexibility index (Phi) is 3.59. The fourth-order valence-corrected chi connectivity index (χ4v) is 2.38. The molecule has 0 aliphatic carbocycles. The van der Waals surface area contributed by atoms with Gasteiger partial charge in [-0.05, 0) is 32.1 Å². The molecule has 0 spiro atoms. The molecule has 0 aromatic heterocycles. The van der Waals surface area contributed by atoms with E-state index in [4.69, 9.17) is 18.0 Å². The average molecular weight is 253 g/mol. The highest BCUT2D eigenvalue weighted by Crippen LogP contribution is 2.21. The molecule has 2 rings (SSSR count). The Hall–Kier alpha value is -1.20. The van der Waals surface area contributed by atoms with Crippen molar-refractivity contribution in [2.45, 2.75) is 12.5 Å². The molecule has 1 fully saturated rings. The van der Waals surface area contributed by atoms with Gasteiger partial charge in [-0.3, -0.25) is 0 Å². The number of rotatable bonds is 3. The molecule has 0 bridgehead atoms. The summed E-state index contributed by atoms with van der Waals surface area (Å²) in [6.45, 7) is 2.00. The van der Waals surface area contributed by atoms with Gasteiger partial charge in [-0.2, -0.15) is 0 Å². The molecule has 3 nitrogen and oxygen atoms in total. The normalized spacial score (nSPS) is 20.5. The van der Waals surface area contributed by atoms with Crippen molar-refractivity contribution in [3.05, 3.63) is 29.6 Å². The summed E-state index contributed by atoms with van der Waals surface area (Å²) in [6.07, 6.45) is 1.05. The lowest BCUT2D eigenvalue weighted by molar-refractivity contribution is 0.414. The van der Waals surface area contributed by atoms with E-state index < -0.39 is 0 Å². The zero-order chi connectivity index (χ0) is 12.4. The van der Waals surface area contributed by atoms with Gasteiger partial charge >= 0.3 is 0 Å². The molecule has 17 heavy (non-hydrogen) atoms. The van der Waals surface area contributed by atoms with Gasteiger partial charge in [-0.25, -0.2) is 4.39 Å². The van der Waals surface area contributed by atoms with Crippen molar-refractivity contribution in [1.82, 2.24) is 4.90 Å². The number of benzene rings is 1. The number of hydrogen-bond donors (Lipinski definition) is 2. The Morgan fingerprint density at radius 2 is 2.35 bits per heavy atom. The number of nitrogens with one attached hydrogen (secondary N) is 1. The Morgan fingerprint density at radius 1 is 1.59 bits per heavy atom. The molecule has 92 valence electrons. The molecule has 0 saturated carbocycles. The van der Waals surface area contributed by atoms with Crippen LogP contribution in [-0.2, 0) is 0 Å². The monoisotopic (exact) mass is 253 g/mol. The summed E-state index contributed by atoms with van der Waals surface area (Å²) in [5.74, 6) is -0.367. The van der Waals surface area contributed by atoms with E-state index in [9.17, 15) is 4.39 Å².